The van der Waals surface area contributed by atoms with Crippen molar-refractivity contribution in [2.24, 2.45) is 0 Å². The molecule has 0 bridgehead atoms. The zero-order chi connectivity index (χ0) is 33.4. The second-order valence-electron chi connectivity index (χ2n) is 11.7. The van der Waals surface area contributed by atoms with Crippen LogP contribution < -0.4 is 14.4 Å². The molecule has 0 saturated carbocycles. The Morgan fingerprint density at radius 1 is 1.15 bits per heavy atom. The van der Waals surface area contributed by atoms with Gasteiger partial charge in [-0.25, -0.2) is 26.9 Å². The van der Waals surface area contributed by atoms with Gasteiger partial charge in [-0.1, -0.05) is 12.0 Å². The van der Waals surface area contributed by atoms with Crippen molar-refractivity contribution in [2.75, 3.05) is 31.2 Å². The molecule has 0 aliphatic carbocycles. The largest absolute Gasteiger partial charge is 0.508 e. The molecular weight excluding hydrogens is 642 g/mol. The fraction of sp³-hybridized carbons (Fsp3) is 0.387. The maximum atomic E-state index is 16.7. The van der Waals surface area contributed by atoms with Crippen molar-refractivity contribution in [1.82, 2.24) is 19.9 Å². The SMILES string of the molecule is C#Cc1c(F)ccc2cc(O)cc(-c3nc4c5c(nc(OC[C@@]67CCCN6CC(F)C7)nc5c3F)N(C(F)(F)F)C(C(F)F)CO4)c12. The molecule has 2 fully saturated rings. The first-order valence-electron chi connectivity index (χ1n) is 14.4. The predicted octanol–water partition coefficient (Wildman–Crippen LogP) is 6.12. The molecule has 47 heavy (non-hydrogen) atoms. The van der Waals surface area contributed by atoms with E-state index in [2.05, 4.69) is 20.9 Å². The third kappa shape index (κ3) is 4.98. The van der Waals surface area contributed by atoms with E-state index >= 15 is 4.39 Å². The third-order valence-electron chi connectivity index (χ3n) is 8.91. The summed E-state index contributed by atoms with van der Waals surface area (Å²) in [7, 11) is 0. The van der Waals surface area contributed by atoms with Crippen LogP contribution in [0.3, 0.4) is 0 Å². The van der Waals surface area contributed by atoms with Gasteiger partial charge in [0.05, 0.1) is 11.1 Å². The quantitative estimate of drug-likeness (QED) is 0.155. The Morgan fingerprint density at radius 3 is 2.66 bits per heavy atom. The summed E-state index contributed by atoms with van der Waals surface area (Å²) in [6.07, 6.45) is -3.41. The lowest BCUT2D eigenvalue weighted by Gasteiger charge is -2.32. The smallest absolute Gasteiger partial charge is 0.486 e. The first-order chi connectivity index (χ1) is 22.3. The lowest BCUT2D eigenvalue weighted by atomic mass is 9.95. The molecule has 246 valence electrons. The van der Waals surface area contributed by atoms with Crippen LogP contribution in [0.1, 0.15) is 24.8 Å². The molecule has 5 heterocycles. The highest BCUT2D eigenvalue weighted by atomic mass is 19.4. The summed E-state index contributed by atoms with van der Waals surface area (Å²) < 4.78 is 129. The van der Waals surface area contributed by atoms with Crippen LogP contribution in [0.25, 0.3) is 32.9 Å². The monoisotopic (exact) mass is 665 g/mol. The molecule has 0 spiro atoms. The molecule has 0 radical (unpaired) electrons. The Balaban J connectivity index is 1.48. The molecule has 8 nitrogen and oxygen atoms in total. The van der Waals surface area contributed by atoms with Crippen LogP contribution in [0.2, 0.25) is 0 Å². The lowest BCUT2D eigenvalue weighted by molar-refractivity contribution is -0.144. The Bertz CT molecular complexity index is 1970. The van der Waals surface area contributed by atoms with Gasteiger partial charge in [0.25, 0.3) is 6.43 Å². The number of hydrogen-bond acceptors (Lipinski definition) is 8. The van der Waals surface area contributed by atoms with Gasteiger partial charge in [-0.3, -0.25) is 9.80 Å². The molecular formula is C31H23F8N5O3. The van der Waals surface area contributed by atoms with E-state index in [1.54, 1.807) is 0 Å². The Labute approximate surface area is 260 Å². The van der Waals surface area contributed by atoms with Crippen molar-refractivity contribution in [3.63, 3.8) is 0 Å². The number of rotatable bonds is 5. The van der Waals surface area contributed by atoms with E-state index in [1.807, 2.05) is 4.90 Å². The Hall–Kier alpha value is -4.65. The molecule has 0 amide bonds. The van der Waals surface area contributed by atoms with Gasteiger partial charge >= 0.3 is 12.3 Å². The number of ether oxygens (including phenoxy) is 2. The highest BCUT2D eigenvalue weighted by molar-refractivity contribution is 6.04. The van der Waals surface area contributed by atoms with E-state index in [4.69, 9.17) is 15.9 Å². The first kappa shape index (κ1) is 31.0. The number of phenols is 1. The van der Waals surface area contributed by atoms with E-state index in [0.717, 1.165) is 12.1 Å². The number of phenolic OH excluding ortho intramolecular Hbond substituents is 1. The summed E-state index contributed by atoms with van der Waals surface area (Å²) in [6, 6.07) is 1.09. The van der Waals surface area contributed by atoms with Crippen molar-refractivity contribution >= 4 is 27.5 Å². The minimum Gasteiger partial charge on any atom is -0.508 e. The summed E-state index contributed by atoms with van der Waals surface area (Å²) in [5.74, 6) is -2.44. The molecule has 2 aromatic carbocycles. The average Bonchev–Trinajstić information content (AvgIpc) is 3.47. The van der Waals surface area contributed by atoms with E-state index in [1.165, 1.54) is 12.1 Å². The molecule has 3 aliphatic heterocycles. The molecule has 2 saturated heterocycles. The molecule has 16 heteroatoms. The third-order valence-corrected chi connectivity index (χ3v) is 8.91. The maximum absolute atomic E-state index is 16.7. The lowest BCUT2D eigenvalue weighted by Crippen LogP contribution is -2.52. The standard InChI is InChI=1S/C31H23F8N5O3/c1-2-17-19(33)5-4-14-8-16(45)9-18(21(14)17)24-23(34)25-22-27(44(31(37,38)39)20(26(35)36)12-46-28(22)40-24)42-29(41-25)47-13-30-6-3-7-43(30)11-15(32)10-30/h1,4-5,8-9,15,20,26,45H,3,6-7,10-13H2/t15?,20?,30-/m0/s1. The average molecular weight is 666 g/mol. The fourth-order valence-corrected chi connectivity index (χ4v) is 6.91. The van der Waals surface area contributed by atoms with Gasteiger partial charge in [0.1, 0.15) is 53.6 Å². The molecule has 7 rings (SSSR count). The molecule has 2 aromatic heterocycles. The number of anilines is 1. The molecule has 3 aliphatic rings. The van der Waals surface area contributed by atoms with Crippen LogP contribution >= 0.6 is 0 Å². The molecule has 1 N–H and O–H groups in total. The van der Waals surface area contributed by atoms with Crippen molar-refractivity contribution in [3.8, 4) is 41.2 Å². The number of nitrogens with zero attached hydrogens (tertiary/aromatic N) is 5. The van der Waals surface area contributed by atoms with Crippen molar-refractivity contribution < 1.29 is 49.7 Å². The highest BCUT2D eigenvalue weighted by Gasteiger charge is 2.51. The molecule has 2 unspecified atom stereocenters. The second-order valence-corrected chi connectivity index (χ2v) is 11.7. The molecule has 3 atom stereocenters. The maximum Gasteiger partial charge on any atom is 0.486 e. The Morgan fingerprint density at radius 2 is 1.94 bits per heavy atom. The van der Waals surface area contributed by atoms with E-state index in [0.29, 0.717) is 19.4 Å². The summed E-state index contributed by atoms with van der Waals surface area (Å²) >= 11 is 0. The van der Waals surface area contributed by atoms with Crippen LogP contribution in [-0.2, 0) is 0 Å². The van der Waals surface area contributed by atoms with Gasteiger partial charge in [0, 0.05) is 23.9 Å². The fourth-order valence-electron chi connectivity index (χ4n) is 6.91. The van der Waals surface area contributed by atoms with Gasteiger partial charge in [0.2, 0.25) is 5.88 Å². The number of halogens is 8. The predicted molar refractivity (Wildman–Crippen MR) is 152 cm³/mol. The summed E-state index contributed by atoms with van der Waals surface area (Å²) in [6.45, 7) is -0.826. The van der Waals surface area contributed by atoms with Gasteiger partial charge in [-0.2, -0.15) is 23.1 Å². The van der Waals surface area contributed by atoms with E-state index in [-0.39, 0.29) is 41.5 Å². The minimum absolute atomic E-state index is 0.0764. The van der Waals surface area contributed by atoms with Crippen LogP contribution in [0.15, 0.2) is 24.3 Å². The number of pyridine rings is 1. The number of benzene rings is 2. The normalized spacial score (nSPS) is 22.9. The number of hydrogen-bond donors (Lipinski definition) is 1. The minimum atomic E-state index is -5.46. The zero-order valence-corrected chi connectivity index (χ0v) is 24.1. The van der Waals surface area contributed by atoms with Crippen molar-refractivity contribution in [3.05, 3.63) is 41.5 Å². The highest BCUT2D eigenvalue weighted by Crippen LogP contribution is 2.46. The molecule has 4 aromatic rings. The number of terminal acetylenes is 1. The van der Waals surface area contributed by atoms with Crippen LogP contribution in [0.5, 0.6) is 17.6 Å². The van der Waals surface area contributed by atoms with Crippen LogP contribution in [-0.4, -0.2) is 81.7 Å². The number of aromatic nitrogens is 3. The number of fused-ring (bicyclic) bond motifs is 2. The topological polar surface area (TPSA) is 83.8 Å². The van der Waals surface area contributed by atoms with Crippen LogP contribution in [0.4, 0.5) is 40.9 Å². The van der Waals surface area contributed by atoms with Crippen molar-refractivity contribution in [2.45, 2.75) is 49.7 Å². The second kappa shape index (κ2) is 11.0. The summed E-state index contributed by atoms with van der Waals surface area (Å²) in [4.78, 5) is 13.1. The first-order valence-corrected chi connectivity index (χ1v) is 14.4. The van der Waals surface area contributed by atoms with Gasteiger partial charge in [-0.05, 0) is 43.0 Å². The summed E-state index contributed by atoms with van der Waals surface area (Å²) in [5, 5.41) is 9.76. The van der Waals surface area contributed by atoms with Gasteiger partial charge in [0.15, 0.2) is 11.6 Å². The van der Waals surface area contributed by atoms with Gasteiger partial charge in [-0.15, -0.1) is 6.42 Å². The number of alkyl halides is 6. The zero-order valence-electron chi connectivity index (χ0n) is 24.1. The van der Waals surface area contributed by atoms with E-state index in [9.17, 15) is 35.8 Å². The van der Waals surface area contributed by atoms with Gasteiger partial charge < -0.3 is 14.6 Å². The number of aromatic hydroxyl groups is 1. The Kier molecular flexibility index (Phi) is 7.23. The van der Waals surface area contributed by atoms with E-state index < -0.39 is 93.7 Å². The summed E-state index contributed by atoms with van der Waals surface area (Å²) in [5.41, 5.74) is -2.95. The van der Waals surface area contributed by atoms with Crippen molar-refractivity contribution in [1.29, 1.82) is 0 Å². The van der Waals surface area contributed by atoms with Crippen LogP contribution in [0, 0.1) is 24.0 Å².